The van der Waals surface area contributed by atoms with Crippen LogP contribution in [0.5, 0.6) is 0 Å². The summed E-state index contributed by atoms with van der Waals surface area (Å²) in [7, 11) is 0. The molecule has 1 rings (SSSR count). The zero-order valence-electron chi connectivity index (χ0n) is 11.5. The molecule has 0 spiro atoms. The summed E-state index contributed by atoms with van der Waals surface area (Å²) in [5.41, 5.74) is 0.127. The van der Waals surface area contributed by atoms with Crippen LogP contribution in [-0.2, 0) is 4.79 Å². The van der Waals surface area contributed by atoms with Gasteiger partial charge in [0, 0.05) is 5.56 Å². The van der Waals surface area contributed by atoms with E-state index in [-0.39, 0.29) is 5.56 Å². The third-order valence-electron chi connectivity index (χ3n) is 2.82. The number of halogens is 1. The number of benzene rings is 1. The lowest BCUT2D eigenvalue weighted by Crippen LogP contribution is -2.49. The number of carboxylic acids is 1. The number of carbonyl (C=O) groups is 2. The molecule has 1 aromatic rings. The second kappa shape index (κ2) is 5.38. The first-order valence-electron chi connectivity index (χ1n) is 5.92. The third-order valence-corrected chi connectivity index (χ3v) is 2.82. The molecule has 0 saturated carbocycles. The molecule has 1 atom stereocenters. The van der Waals surface area contributed by atoms with Crippen molar-refractivity contribution in [2.45, 2.75) is 33.7 Å². The molecule has 0 aliphatic carbocycles. The third kappa shape index (κ3) is 3.77. The first-order chi connectivity index (χ1) is 8.62. The van der Waals surface area contributed by atoms with Gasteiger partial charge < -0.3 is 10.4 Å². The second-order valence-electron chi connectivity index (χ2n) is 5.57. The van der Waals surface area contributed by atoms with Crippen molar-refractivity contribution in [3.05, 3.63) is 35.1 Å². The Bertz CT molecular complexity index is 506. The monoisotopic (exact) mass is 267 g/mol. The van der Waals surface area contributed by atoms with Crippen LogP contribution in [0, 0.1) is 18.2 Å². The molecule has 104 valence electrons. The number of amides is 1. The minimum Gasteiger partial charge on any atom is -0.480 e. The van der Waals surface area contributed by atoms with Crippen LogP contribution in [0.15, 0.2) is 18.2 Å². The Morgan fingerprint density at radius 3 is 2.32 bits per heavy atom. The van der Waals surface area contributed by atoms with Crippen molar-refractivity contribution in [1.82, 2.24) is 5.32 Å². The zero-order valence-corrected chi connectivity index (χ0v) is 11.5. The van der Waals surface area contributed by atoms with E-state index in [1.54, 1.807) is 27.7 Å². The fourth-order valence-electron chi connectivity index (χ4n) is 1.74. The highest BCUT2D eigenvalue weighted by Gasteiger charge is 2.33. The van der Waals surface area contributed by atoms with E-state index in [2.05, 4.69) is 5.32 Å². The predicted molar refractivity (Wildman–Crippen MR) is 69.5 cm³/mol. The van der Waals surface area contributed by atoms with Crippen LogP contribution in [0.3, 0.4) is 0 Å². The number of nitrogens with one attached hydrogen (secondary N) is 1. The van der Waals surface area contributed by atoms with Gasteiger partial charge in [-0.25, -0.2) is 9.18 Å². The maximum absolute atomic E-state index is 13.0. The van der Waals surface area contributed by atoms with Crippen molar-refractivity contribution in [3.63, 3.8) is 0 Å². The first-order valence-corrected chi connectivity index (χ1v) is 5.92. The number of carbonyl (C=O) groups excluding carboxylic acids is 1. The highest BCUT2D eigenvalue weighted by molar-refractivity contribution is 5.97. The molecule has 0 aliphatic rings. The molecule has 0 aromatic heterocycles. The maximum atomic E-state index is 13.0. The highest BCUT2D eigenvalue weighted by atomic mass is 19.1. The molecule has 0 heterocycles. The Hall–Kier alpha value is -1.91. The van der Waals surface area contributed by atoms with E-state index in [0.717, 1.165) is 0 Å². The second-order valence-corrected chi connectivity index (χ2v) is 5.57. The topological polar surface area (TPSA) is 66.4 Å². The Kier molecular flexibility index (Phi) is 4.29. The summed E-state index contributed by atoms with van der Waals surface area (Å²) in [4.78, 5) is 23.2. The molecule has 1 aromatic carbocycles. The average molecular weight is 267 g/mol. The molecule has 0 saturated heterocycles. The van der Waals surface area contributed by atoms with Crippen molar-refractivity contribution < 1.29 is 19.1 Å². The van der Waals surface area contributed by atoms with Gasteiger partial charge in [0.05, 0.1) is 0 Å². The molecule has 5 heteroatoms. The van der Waals surface area contributed by atoms with E-state index in [1.165, 1.54) is 18.2 Å². The lowest BCUT2D eigenvalue weighted by Gasteiger charge is -2.28. The molecule has 0 unspecified atom stereocenters. The van der Waals surface area contributed by atoms with Crippen molar-refractivity contribution in [1.29, 1.82) is 0 Å². The Morgan fingerprint density at radius 1 is 1.32 bits per heavy atom. The maximum Gasteiger partial charge on any atom is 0.326 e. The molecular weight excluding hydrogens is 249 g/mol. The number of hydrogen-bond donors (Lipinski definition) is 2. The molecule has 1 amide bonds. The summed E-state index contributed by atoms with van der Waals surface area (Å²) in [5, 5.41) is 11.6. The normalized spacial score (nSPS) is 12.9. The van der Waals surface area contributed by atoms with Crippen LogP contribution in [0.1, 0.15) is 36.7 Å². The lowest BCUT2D eigenvalue weighted by atomic mass is 9.86. The van der Waals surface area contributed by atoms with Crippen LogP contribution in [0.2, 0.25) is 0 Å². The number of aryl methyl sites for hydroxylation is 1. The zero-order chi connectivity index (χ0) is 14.8. The highest BCUT2D eigenvalue weighted by Crippen LogP contribution is 2.20. The van der Waals surface area contributed by atoms with Crippen molar-refractivity contribution in [3.8, 4) is 0 Å². The van der Waals surface area contributed by atoms with Gasteiger partial charge >= 0.3 is 5.97 Å². The Balaban J connectivity index is 2.98. The SMILES string of the molecule is Cc1cc(F)ccc1C(=O)N[C@H](C(=O)O)C(C)(C)C. The van der Waals surface area contributed by atoms with Gasteiger partial charge in [-0.2, -0.15) is 0 Å². The van der Waals surface area contributed by atoms with Crippen molar-refractivity contribution in [2.24, 2.45) is 5.41 Å². The standard InChI is InChI=1S/C14H18FNO3/c1-8-7-9(15)5-6-10(8)12(17)16-11(13(18)19)14(2,3)4/h5-7,11H,1-4H3,(H,16,17)(H,18,19)/t11-/m1/s1. The van der Waals surface area contributed by atoms with Crippen LogP contribution >= 0.6 is 0 Å². The fraction of sp³-hybridized carbons (Fsp3) is 0.429. The fourth-order valence-corrected chi connectivity index (χ4v) is 1.74. The summed E-state index contributed by atoms with van der Waals surface area (Å²) in [5.74, 6) is -2.04. The largest absolute Gasteiger partial charge is 0.480 e. The molecular formula is C14H18FNO3. The van der Waals surface area contributed by atoms with Gasteiger partial charge in [-0.15, -0.1) is 0 Å². The van der Waals surface area contributed by atoms with E-state index >= 15 is 0 Å². The molecule has 0 fully saturated rings. The smallest absolute Gasteiger partial charge is 0.326 e. The summed E-state index contributed by atoms with van der Waals surface area (Å²) < 4.78 is 13.0. The summed E-state index contributed by atoms with van der Waals surface area (Å²) >= 11 is 0. The number of rotatable bonds is 3. The summed E-state index contributed by atoms with van der Waals surface area (Å²) in [6, 6.07) is 2.75. The van der Waals surface area contributed by atoms with E-state index < -0.39 is 29.2 Å². The van der Waals surface area contributed by atoms with E-state index in [4.69, 9.17) is 5.11 Å². The van der Waals surface area contributed by atoms with E-state index in [1.807, 2.05) is 0 Å². The minimum atomic E-state index is -1.10. The molecule has 19 heavy (non-hydrogen) atoms. The van der Waals surface area contributed by atoms with Crippen molar-refractivity contribution >= 4 is 11.9 Å². The summed E-state index contributed by atoms with van der Waals surface area (Å²) in [6.45, 7) is 6.78. The average Bonchev–Trinajstić information content (AvgIpc) is 2.23. The van der Waals surface area contributed by atoms with Gasteiger partial charge in [-0.3, -0.25) is 4.79 Å². The molecule has 0 aliphatic heterocycles. The quantitative estimate of drug-likeness (QED) is 0.883. The van der Waals surface area contributed by atoms with Gasteiger partial charge in [0.15, 0.2) is 0 Å². The molecule has 4 nitrogen and oxygen atoms in total. The Morgan fingerprint density at radius 2 is 1.89 bits per heavy atom. The van der Waals surface area contributed by atoms with Gasteiger partial charge in [0.25, 0.3) is 5.91 Å². The van der Waals surface area contributed by atoms with Crippen LogP contribution in [0.25, 0.3) is 0 Å². The van der Waals surface area contributed by atoms with Crippen LogP contribution in [0.4, 0.5) is 4.39 Å². The number of carboxylic acid groups (broad SMARTS) is 1. The molecule has 0 bridgehead atoms. The van der Waals surface area contributed by atoms with Crippen LogP contribution in [-0.4, -0.2) is 23.0 Å². The van der Waals surface area contributed by atoms with E-state index in [0.29, 0.717) is 5.56 Å². The van der Waals surface area contributed by atoms with Gasteiger partial charge in [-0.1, -0.05) is 20.8 Å². The lowest BCUT2D eigenvalue weighted by molar-refractivity contribution is -0.142. The minimum absolute atomic E-state index is 0.275. The number of hydrogen-bond acceptors (Lipinski definition) is 2. The summed E-state index contributed by atoms with van der Waals surface area (Å²) in [6.07, 6.45) is 0. The van der Waals surface area contributed by atoms with Crippen LogP contribution < -0.4 is 5.32 Å². The van der Waals surface area contributed by atoms with Gasteiger partial charge in [-0.05, 0) is 36.1 Å². The molecule has 2 N–H and O–H groups in total. The molecule has 0 radical (unpaired) electrons. The van der Waals surface area contributed by atoms with Crippen molar-refractivity contribution in [2.75, 3.05) is 0 Å². The van der Waals surface area contributed by atoms with E-state index in [9.17, 15) is 14.0 Å². The predicted octanol–water partition coefficient (Wildman–Crippen LogP) is 2.36. The first kappa shape index (κ1) is 15.1. The Labute approximate surface area is 111 Å². The van der Waals surface area contributed by atoms with Gasteiger partial charge in [0.2, 0.25) is 0 Å². The van der Waals surface area contributed by atoms with Gasteiger partial charge in [0.1, 0.15) is 11.9 Å². The number of aliphatic carboxylic acids is 1.